The Morgan fingerprint density at radius 3 is 2.73 bits per heavy atom. The number of nitrogens with zero attached hydrogens (tertiary/aromatic N) is 3. The number of hydrogen-bond donors (Lipinski definition) is 2. The third kappa shape index (κ3) is 2.89. The van der Waals surface area contributed by atoms with E-state index in [1.165, 1.54) is 11.8 Å². The molecule has 0 aliphatic carbocycles. The van der Waals surface area contributed by atoms with E-state index in [2.05, 4.69) is 30.9 Å². The molecule has 6 nitrogen and oxygen atoms in total. The first kappa shape index (κ1) is 15.1. The van der Waals surface area contributed by atoms with Crippen LogP contribution in [0.15, 0.2) is 38.7 Å². The van der Waals surface area contributed by atoms with E-state index < -0.39 is 0 Å². The van der Waals surface area contributed by atoms with Crippen molar-refractivity contribution in [3.8, 4) is 0 Å². The van der Waals surface area contributed by atoms with Gasteiger partial charge in [-0.15, -0.1) is 0 Å². The van der Waals surface area contributed by atoms with Gasteiger partial charge in [0.2, 0.25) is 0 Å². The zero-order valence-electron chi connectivity index (χ0n) is 11.8. The van der Waals surface area contributed by atoms with Gasteiger partial charge < -0.3 is 10.7 Å². The van der Waals surface area contributed by atoms with E-state index in [-0.39, 0.29) is 5.69 Å². The Kier molecular flexibility index (Phi) is 4.21. The minimum absolute atomic E-state index is 0.238. The topological polar surface area (TPSA) is 89.6 Å². The summed E-state index contributed by atoms with van der Waals surface area (Å²) < 4.78 is 2.58. The van der Waals surface area contributed by atoms with Crippen molar-refractivity contribution in [3.05, 3.63) is 44.8 Å². The van der Waals surface area contributed by atoms with Crippen LogP contribution in [-0.4, -0.2) is 25.3 Å². The molecular weight excluding hydrogens is 366 g/mol. The molecule has 8 heteroatoms. The fourth-order valence-corrected chi connectivity index (χ4v) is 2.98. The lowest BCUT2D eigenvalue weighted by Crippen LogP contribution is -2.17. The number of fused-ring (bicyclic) bond motifs is 1. The van der Waals surface area contributed by atoms with Gasteiger partial charge in [-0.05, 0) is 23.4 Å². The fourth-order valence-electron chi connectivity index (χ4n) is 2.14. The molecule has 0 saturated heterocycles. The maximum Gasteiger partial charge on any atom is 0.328 e. The van der Waals surface area contributed by atoms with Crippen molar-refractivity contribution in [1.29, 1.82) is 0 Å². The van der Waals surface area contributed by atoms with Crippen LogP contribution in [0.2, 0.25) is 0 Å². The number of nitrogen functional groups attached to an aromatic ring is 1. The Bertz CT molecular complexity index is 871. The Morgan fingerprint density at radius 1 is 1.32 bits per heavy atom. The normalized spacial score (nSPS) is 11.2. The maximum atomic E-state index is 12.2. The highest BCUT2D eigenvalue weighted by atomic mass is 79.9. The molecule has 2 heterocycles. The van der Waals surface area contributed by atoms with E-state index in [4.69, 9.17) is 5.73 Å². The summed E-state index contributed by atoms with van der Waals surface area (Å²) in [5.41, 5.74) is 7.72. The van der Waals surface area contributed by atoms with Crippen LogP contribution in [0, 0.1) is 0 Å². The summed E-state index contributed by atoms with van der Waals surface area (Å²) in [5.74, 6) is 1.14. The molecule has 22 heavy (non-hydrogen) atoms. The van der Waals surface area contributed by atoms with Crippen molar-refractivity contribution < 1.29 is 0 Å². The maximum absolute atomic E-state index is 12.2. The highest BCUT2D eigenvalue weighted by Gasteiger charge is 2.14. The standard InChI is InChI=1S/C14H14BrN5OS/c1-2-22-13-18-11(16)10-12(19-13)20(14(21)17-10)7-8-3-5-9(15)6-4-8/h3-6H,2,7H2,1H3,(H,17,21)(H2,16,18,19). The Hall–Kier alpha value is -1.80. The number of rotatable bonds is 4. The van der Waals surface area contributed by atoms with Gasteiger partial charge in [-0.25, -0.2) is 14.8 Å². The number of nitrogens with one attached hydrogen (secondary N) is 1. The Labute approximate surface area is 139 Å². The van der Waals surface area contributed by atoms with Gasteiger partial charge in [-0.2, -0.15) is 0 Å². The van der Waals surface area contributed by atoms with Gasteiger partial charge in [0, 0.05) is 4.47 Å². The van der Waals surface area contributed by atoms with Crippen LogP contribution in [0.25, 0.3) is 11.2 Å². The third-order valence-electron chi connectivity index (χ3n) is 3.16. The number of nitrogens with two attached hydrogens (primary N) is 1. The van der Waals surface area contributed by atoms with Gasteiger partial charge in [0.15, 0.2) is 16.6 Å². The zero-order chi connectivity index (χ0) is 15.7. The number of thioether (sulfide) groups is 1. The van der Waals surface area contributed by atoms with Crippen molar-refractivity contribution in [1.82, 2.24) is 19.5 Å². The average molecular weight is 380 g/mol. The van der Waals surface area contributed by atoms with Crippen LogP contribution in [0.1, 0.15) is 12.5 Å². The predicted molar refractivity (Wildman–Crippen MR) is 92.2 cm³/mol. The molecule has 0 fully saturated rings. The van der Waals surface area contributed by atoms with Crippen LogP contribution in [0.5, 0.6) is 0 Å². The van der Waals surface area contributed by atoms with Crippen molar-refractivity contribution in [2.75, 3.05) is 11.5 Å². The molecule has 0 radical (unpaired) electrons. The molecule has 0 aliphatic rings. The van der Waals surface area contributed by atoms with E-state index in [1.54, 1.807) is 4.57 Å². The van der Waals surface area contributed by atoms with Crippen LogP contribution in [-0.2, 0) is 6.54 Å². The SMILES string of the molecule is CCSc1nc(N)c2[nH]c(=O)n(Cc3ccc(Br)cc3)c2n1. The zero-order valence-corrected chi connectivity index (χ0v) is 14.2. The summed E-state index contributed by atoms with van der Waals surface area (Å²) in [5, 5.41) is 0.580. The highest BCUT2D eigenvalue weighted by Crippen LogP contribution is 2.21. The molecule has 0 saturated carbocycles. The van der Waals surface area contributed by atoms with Crippen molar-refractivity contribution in [2.45, 2.75) is 18.6 Å². The second-order valence-corrected chi connectivity index (χ2v) is 6.81. The highest BCUT2D eigenvalue weighted by molar-refractivity contribution is 9.10. The number of halogens is 1. The molecule has 0 spiro atoms. The van der Waals surface area contributed by atoms with E-state index in [9.17, 15) is 4.79 Å². The lowest BCUT2D eigenvalue weighted by atomic mass is 10.2. The number of aromatic amines is 1. The minimum atomic E-state index is -0.238. The molecule has 3 rings (SSSR count). The van der Waals surface area contributed by atoms with Crippen molar-refractivity contribution in [2.24, 2.45) is 0 Å². The number of anilines is 1. The second kappa shape index (κ2) is 6.13. The smallest absolute Gasteiger partial charge is 0.328 e. The first-order chi connectivity index (χ1) is 10.6. The van der Waals surface area contributed by atoms with Gasteiger partial charge in [-0.3, -0.25) is 4.57 Å². The minimum Gasteiger partial charge on any atom is -0.382 e. The van der Waals surface area contributed by atoms with Gasteiger partial charge in [-0.1, -0.05) is 46.7 Å². The third-order valence-corrected chi connectivity index (χ3v) is 4.42. The molecule has 3 N–H and O–H groups in total. The molecular formula is C14H14BrN5OS. The molecule has 2 aromatic heterocycles. The first-order valence-corrected chi connectivity index (χ1v) is 8.49. The quantitative estimate of drug-likeness (QED) is 0.537. The van der Waals surface area contributed by atoms with E-state index in [0.717, 1.165) is 15.8 Å². The molecule has 0 atom stereocenters. The Balaban J connectivity index is 2.09. The van der Waals surface area contributed by atoms with Crippen molar-refractivity contribution >= 4 is 44.7 Å². The van der Waals surface area contributed by atoms with Crippen LogP contribution < -0.4 is 11.4 Å². The second-order valence-electron chi connectivity index (χ2n) is 4.67. The average Bonchev–Trinajstić information content (AvgIpc) is 2.79. The Morgan fingerprint density at radius 2 is 2.05 bits per heavy atom. The summed E-state index contributed by atoms with van der Waals surface area (Å²) in [6.07, 6.45) is 0. The van der Waals surface area contributed by atoms with Crippen LogP contribution >= 0.6 is 27.7 Å². The number of benzene rings is 1. The molecule has 0 bridgehead atoms. The van der Waals surface area contributed by atoms with Crippen LogP contribution in [0.4, 0.5) is 5.82 Å². The first-order valence-electron chi connectivity index (χ1n) is 6.71. The fraction of sp³-hybridized carbons (Fsp3) is 0.214. The van der Waals surface area contributed by atoms with Gasteiger partial charge in [0.05, 0.1) is 6.54 Å². The summed E-state index contributed by atoms with van der Waals surface area (Å²) in [6, 6.07) is 7.80. The molecule has 0 amide bonds. The summed E-state index contributed by atoms with van der Waals surface area (Å²) in [4.78, 5) is 23.6. The summed E-state index contributed by atoms with van der Waals surface area (Å²) in [7, 11) is 0. The number of hydrogen-bond acceptors (Lipinski definition) is 5. The molecule has 114 valence electrons. The lowest BCUT2D eigenvalue weighted by molar-refractivity contribution is 0.771. The number of imidazole rings is 1. The molecule has 0 unspecified atom stereocenters. The van der Waals surface area contributed by atoms with Gasteiger partial charge >= 0.3 is 5.69 Å². The van der Waals surface area contributed by atoms with Gasteiger partial charge in [0.25, 0.3) is 0 Å². The predicted octanol–water partition coefficient (Wildman–Crippen LogP) is 2.62. The number of H-pyrrole nitrogens is 1. The van der Waals surface area contributed by atoms with E-state index in [1.807, 2.05) is 31.2 Å². The van der Waals surface area contributed by atoms with E-state index in [0.29, 0.717) is 28.7 Å². The molecule has 3 aromatic rings. The molecule has 0 aliphatic heterocycles. The number of aromatic nitrogens is 4. The summed E-state index contributed by atoms with van der Waals surface area (Å²) in [6.45, 7) is 2.44. The lowest BCUT2D eigenvalue weighted by Gasteiger charge is -2.05. The largest absolute Gasteiger partial charge is 0.382 e. The molecule has 1 aromatic carbocycles. The van der Waals surface area contributed by atoms with Crippen LogP contribution in [0.3, 0.4) is 0 Å². The van der Waals surface area contributed by atoms with Crippen molar-refractivity contribution in [3.63, 3.8) is 0 Å². The summed E-state index contributed by atoms with van der Waals surface area (Å²) >= 11 is 4.89. The monoisotopic (exact) mass is 379 g/mol. The van der Waals surface area contributed by atoms with E-state index >= 15 is 0 Å². The van der Waals surface area contributed by atoms with Gasteiger partial charge in [0.1, 0.15) is 5.52 Å².